The molecule has 0 radical (unpaired) electrons. The summed E-state index contributed by atoms with van der Waals surface area (Å²) in [7, 11) is 0. The molecule has 1 unspecified atom stereocenters. The predicted molar refractivity (Wildman–Crippen MR) is 72.7 cm³/mol. The van der Waals surface area contributed by atoms with Crippen molar-refractivity contribution in [1.82, 2.24) is 0 Å². The zero-order chi connectivity index (χ0) is 12.4. The van der Waals surface area contributed by atoms with Crippen LogP contribution in [0.5, 0.6) is 0 Å². The van der Waals surface area contributed by atoms with Gasteiger partial charge in [0.1, 0.15) is 0 Å². The molecule has 0 aliphatic carbocycles. The Kier molecular flexibility index (Phi) is 9.02. The SMILES string of the molecule is CCCCC(O)CCCCCCC(C)(C)C. The highest BCUT2D eigenvalue weighted by Crippen LogP contribution is 2.22. The molecule has 0 spiro atoms. The Bertz CT molecular complexity index is 146. The van der Waals surface area contributed by atoms with E-state index in [9.17, 15) is 5.11 Å². The first-order valence-electron chi connectivity index (χ1n) is 7.14. The Morgan fingerprint density at radius 2 is 1.44 bits per heavy atom. The van der Waals surface area contributed by atoms with Crippen molar-refractivity contribution in [3.05, 3.63) is 0 Å². The quantitative estimate of drug-likeness (QED) is 0.555. The summed E-state index contributed by atoms with van der Waals surface area (Å²) in [5.41, 5.74) is 0.487. The number of aliphatic hydroxyl groups is 1. The van der Waals surface area contributed by atoms with E-state index in [2.05, 4.69) is 27.7 Å². The van der Waals surface area contributed by atoms with Gasteiger partial charge in [-0.3, -0.25) is 0 Å². The van der Waals surface area contributed by atoms with Crippen molar-refractivity contribution in [3.8, 4) is 0 Å². The van der Waals surface area contributed by atoms with Crippen LogP contribution in [0, 0.1) is 5.41 Å². The molecule has 0 saturated heterocycles. The summed E-state index contributed by atoms with van der Waals surface area (Å²) in [6.45, 7) is 9.10. The standard InChI is InChI=1S/C15H32O/c1-5-6-11-14(16)12-9-7-8-10-13-15(2,3)4/h14,16H,5-13H2,1-4H3. The maximum Gasteiger partial charge on any atom is 0.0540 e. The molecule has 0 rings (SSSR count). The third-order valence-corrected chi connectivity index (χ3v) is 3.11. The Morgan fingerprint density at radius 3 is 2.00 bits per heavy atom. The van der Waals surface area contributed by atoms with Gasteiger partial charge in [-0.15, -0.1) is 0 Å². The van der Waals surface area contributed by atoms with E-state index in [-0.39, 0.29) is 6.10 Å². The summed E-state index contributed by atoms with van der Waals surface area (Å²) in [6, 6.07) is 0. The zero-order valence-electron chi connectivity index (χ0n) is 11.9. The highest BCUT2D eigenvalue weighted by atomic mass is 16.3. The second kappa shape index (κ2) is 9.04. The molecular formula is C15H32O. The molecule has 0 heterocycles. The van der Waals surface area contributed by atoms with Crippen LogP contribution < -0.4 is 0 Å². The number of aliphatic hydroxyl groups excluding tert-OH is 1. The lowest BCUT2D eigenvalue weighted by Crippen LogP contribution is -2.06. The van der Waals surface area contributed by atoms with Crippen LogP contribution in [0.25, 0.3) is 0 Å². The molecule has 1 nitrogen and oxygen atoms in total. The third kappa shape index (κ3) is 12.0. The summed E-state index contributed by atoms with van der Waals surface area (Å²) in [5.74, 6) is 0. The molecule has 0 aromatic rings. The number of hydrogen-bond donors (Lipinski definition) is 1. The largest absolute Gasteiger partial charge is 0.393 e. The lowest BCUT2D eigenvalue weighted by atomic mass is 9.89. The van der Waals surface area contributed by atoms with Crippen molar-refractivity contribution >= 4 is 0 Å². The van der Waals surface area contributed by atoms with Crippen molar-refractivity contribution in [2.75, 3.05) is 0 Å². The highest BCUT2D eigenvalue weighted by Gasteiger charge is 2.09. The first-order chi connectivity index (χ1) is 7.45. The molecule has 16 heavy (non-hydrogen) atoms. The molecule has 98 valence electrons. The van der Waals surface area contributed by atoms with Gasteiger partial charge < -0.3 is 5.11 Å². The van der Waals surface area contributed by atoms with E-state index < -0.39 is 0 Å². The van der Waals surface area contributed by atoms with Crippen molar-refractivity contribution < 1.29 is 5.11 Å². The van der Waals surface area contributed by atoms with Gasteiger partial charge in [0.15, 0.2) is 0 Å². The fraction of sp³-hybridized carbons (Fsp3) is 1.00. The fourth-order valence-corrected chi connectivity index (χ4v) is 1.97. The minimum atomic E-state index is -0.0393. The average Bonchev–Trinajstić information content (AvgIpc) is 2.18. The van der Waals surface area contributed by atoms with Gasteiger partial charge in [0.25, 0.3) is 0 Å². The predicted octanol–water partition coefficient (Wildman–Crippen LogP) is 4.92. The van der Waals surface area contributed by atoms with E-state index >= 15 is 0 Å². The Hall–Kier alpha value is -0.0400. The smallest absolute Gasteiger partial charge is 0.0540 e. The summed E-state index contributed by atoms with van der Waals surface area (Å²) >= 11 is 0. The van der Waals surface area contributed by atoms with Gasteiger partial charge in [-0.2, -0.15) is 0 Å². The minimum Gasteiger partial charge on any atom is -0.393 e. The molecule has 0 fully saturated rings. The van der Waals surface area contributed by atoms with Gasteiger partial charge >= 0.3 is 0 Å². The van der Waals surface area contributed by atoms with Crippen molar-refractivity contribution in [3.63, 3.8) is 0 Å². The molecule has 0 aliphatic heterocycles. The summed E-state index contributed by atoms with van der Waals surface area (Å²) in [5, 5.41) is 9.67. The number of rotatable bonds is 9. The second-order valence-corrected chi connectivity index (χ2v) is 6.31. The third-order valence-electron chi connectivity index (χ3n) is 3.11. The van der Waals surface area contributed by atoms with Gasteiger partial charge in [0.2, 0.25) is 0 Å². The van der Waals surface area contributed by atoms with Crippen LogP contribution in [0.3, 0.4) is 0 Å². The van der Waals surface area contributed by atoms with Gasteiger partial charge in [-0.25, -0.2) is 0 Å². The van der Waals surface area contributed by atoms with Gasteiger partial charge in [-0.05, 0) is 24.7 Å². The first kappa shape index (κ1) is 16.0. The molecule has 0 bridgehead atoms. The van der Waals surface area contributed by atoms with Crippen LogP contribution in [-0.2, 0) is 0 Å². The molecule has 1 atom stereocenters. The molecule has 0 amide bonds. The maximum absolute atomic E-state index is 9.67. The Morgan fingerprint density at radius 1 is 0.875 bits per heavy atom. The van der Waals surface area contributed by atoms with Crippen LogP contribution in [0.4, 0.5) is 0 Å². The van der Waals surface area contributed by atoms with Crippen molar-refractivity contribution in [2.24, 2.45) is 5.41 Å². The van der Waals surface area contributed by atoms with Crippen LogP contribution in [0.1, 0.15) is 85.5 Å². The number of unbranched alkanes of at least 4 members (excludes halogenated alkanes) is 4. The zero-order valence-corrected chi connectivity index (χ0v) is 11.9. The van der Waals surface area contributed by atoms with Crippen LogP contribution in [0.15, 0.2) is 0 Å². The van der Waals surface area contributed by atoms with Gasteiger partial charge in [-0.1, -0.05) is 66.2 Å². The molecule has 0 aromatic heterocycles. The minimum absolute atomic E-state index is 0.0393. The Labute approximate surface area is 103 Å². The second-order valence-electron chi connectivity index (χ2n) is 6.31. The molecule has 1 N–H and O–H groups in total. The van der Waals surface area contributed by atoms with E-state index in [0.717, 1.165) is 12.8 Å². The van der Waals surface area contributed by atoms with Crippen LogP contribution in [-0.4, -0.2) is 11.2 Å². The lowest BCUT2D eigenvalue weighted by molar-refractivity contribution is 0.147. The van der Waals surface area contributed by atoms with Crippen LogP contribution in [0.2, 0.25) is 0 Å². The maximum atomic E-state index is 9.67. The lowest BCUT2D eigenvalue weighted by Gasteiger charge is -2.17. The van der Waals surface area contributed by atoms with E-state index in [1.807, 2.05) is 0 Å². The fourth-order valence-electron chi connectivity index (χ4n) is 1.97. The van der Waals surface area contributed by atoms with E-state index in [4.69, 9.17) is 0 Å². The molecule has 0 aliphatic rings. The monoisotopic (exact) mass is 228 g/mol. The van der Waals surface area contributed by atoms with Crippen molar-refractivity contribution in [2.45, 2.75) is 91.6 Å². The summed E-state index contributed by atoms with van der Waals surface area (Å²) < 4.78 is 0. The molecule has 0 aromatic carbocycles. The average molecular weight is 228 g/mol. The van der Waals surface area contributed by atoms with Crippen LogP contribution >= 0.6 is 0 Å². The first-order valence-corrected chi connectivity index (χ1v) is 7.14. The van der Waals surface area contributed by atoms with E-state index in [1.54, 1.807) is 0 Å². The normalized spacial score (nSPS) is 14.1. The molecule has 1 heteroatoms. The van der Waals surface area contributed by atoms with Crippen molar-refractivity contribution in [1.29, 1.82) is 0 Å². The Balaban J connectivity index is 3.20. The summed E-state index contributed by atoms with van der Waals surface area (Å²) in [6.07, 6.45) is 10.8. The molecule has 0 saturated carbocycles. The van der Waals surface area contributed by atoms with Gasteiger partial charge in [0.05, 0.1) is 6.10 Å². The van der Waals surface area contributed by atoms with E-state index in [0.29, 0.717) is 5.41 Å². The van der Waals surface area contributed by atoms with Gasteiger partial charge in [0, 0.05) is 0 Å². The molecular weight excluding hydrogens is 196 g/mol. The topological polar surface area (TPSA) is 20.2 Å². The highest BCUT2D eigenvalue weighted by molar-refractivity contribution is 4.61. The summed E-state index contributed by atoms with van der Waals surface area (Å²) in [4.78, 5) is 0. The van der Waals surface area contributed by atoms with E-state index in [1.165, 1.54) is 44.9 Å². The number of hydrogen-bond acceptors (Lipinski definition) is 1.